The van der Waals surface area contributed by atoms with E-state index in [0.29, 0.717) is 0 Å². The summed E-state index contributed by atoms with van der Waals surface area (Å²) >= 11 is -3.57. The van der Waals surface area contributed by atoms with Crippen molar-refractivity contribution < 1.29 is 17.4 Å². The number of fused-ring (bicyclic) bond motifs is 6. The number of rotatable bonds is 2. The fourth-order valence-electron chi connectivity index (χ4n) is 6.99. The van der Waals surface area contributed by atoms with Crippen molar-refractivity contribution in [2.75, 3.05) is 0 Å². The van der Waals surface area contributed by atoms with Crippen LogP contribution in [0.2, 0.25) is 9.26 Å². The molecule has 0 saturated carbocycles. The Kier molecular flexibility index (Phi) is 5.33. The summed E-state index contributed by atoms with van der Waals surface area (Å²) in [4.78, 5) is 0. The summed E-state index contributed by atoms with van der Waals surface area (Å²) in [6.45, 7) is 7.22. The van der Waals surface area contributed by atoms with Gasteiger partial charge in [0.25, 0.3) is 0 Å². The zero-order valence-corrected chi connectivity index (χ0v) is 24.6. The molecule has 0 heterocycles. The first-order valence-electron chi connectivity index (χ1n) is 11.7. The second-order valence-electron chi connectivity index (χ2n) is 11.0. The van der Waals surface area contributed by atoms with Gasteiger partial charge in [-0.2, -0.15) is 0 Å². The van der Waals surface area contributed by atoms with Crippen LogP contribution < -0.4 is 0 Å². The van der Waals surface area contributed by atoms with Gasteiger partial charge in [0.05, 0.1) is 0 Å². The van der Waals surface area contributed by atoms with Crippen LogP contribution in [-0.4, -0.2) is 6.88 Å². The molecular weight excluding hydrogens is 515 g/mol. The molecule has 3 heteroatoms. The van der Waals surface area contributed by atoms with Crippen molar-refractivity contribution in [1.82, 2.24) is 0 Å². The van der Waals surface area contributed by atoms with E-state index in [1.54, 1.807) is 28.8 Å². The summed E-state index contributed by atoms with van der Waals surface area (Å²) < 4.78 is 8.88. The molecule has 0 bridgehead atoms. The Balaban J connectivity index is 0.00000228. The molecule has 0 saturated heterocycles. The minimum Gasteiger partial charge on any atom is -0.147 e. The van der Waals surface area contributed by atoms with Gasteiger partial charge >= 0.3 is 195 Å². The number of halogens is 1. The van der Waals surface area contributed by atoms with Crippen molar-refractivity contribution in [2.45, 2.75) is 36.0 Å². The number of hydrogen-bond acceptors (Lipinski definition) is 0. The second kappa shape index (κ2) is 7.64. The normalized spacial score (nSPS) is 15.8. The molecule has 0 aromatic heterocycles. The summed E-state index contributed by atoms with van der Waals surface area (Å²) in [5.41, 5.74) is 9.41. The fourth-order valence-corrected chi connectivity index (χ4v) is 25.8. The van der Waals surface area contributed by atoms with Crippen molar-refractivity contribution >= 4 is 47.4 Å². The zero-order valence-electron chi connectivity index (χ0n) is 20.0. The molecular formula is C30H31ClSiZr. The predicted octanol–water partition coefficient (Wildman–Crippen LogP) is 8.02. The summed E-state index contributed by atoms with van der Waals surface area (Å²) in [5.74, 6) is 0. The van der Waals surface area contributed by atoms with Gasteiger partial charge in [0, 0.05) is 0 Å². The first-order chi connectivity index (χ1) is 15.2. The van der Waals surface area contributed by atoms with Crippen LogP contribution in [0.15, 0.2) is 83.9 Å². The quantitative estimate of drug-likeness (QED) is 0.224. The van der Waals surface area contributed by atoms with E-state index in [1.165, 1.54) is 32.7 Å². The van der Waals surface area contributed by atoms with E-state index >= 15 is 0 Å². The molecule has 4 aromatic rings. The molecule has 6 rings (SSSR count). The fraction of sp³-hybridized carbons (Fsp3) is 0.200. The van der Waals surface area contributed by atoms with E-state index < -0.39 is 17.4 Å². The van der Waals surface area contributed by atoms with Crippen LogP contribution >= 0.6 is 12.4 Å². The maximum Gasteiger partial charge on any atom is -0.147 e. The second-order valence-corrected chi connectivity index (χ2v) is 39.2. The molecule has 4 aromatic carbocycles. The van der Waals surface area contributed by atoms with Crippen molar-refractivity contribution in [2.24, 2.45) is 0 Å². The van der Waals surface area contributed by atoms with E-state index in [2.05, 4.69) is 103 Å². The van der Waals surface area contributed by atoms with Crippen LogP contribution in [0.5, 0.6) is 0 Å². The molecule has 0 amide bonds. The standard InChI is InChI=1S/2C14H11.2CH3.ClH.H2Si.Zr/c2*1-10-8-12-7-6-11-4-2-3-5-13(11)14(12)9-10;;;;;/h2*2-7H,8H2,1H3;2*1H3;1H;1H2;. The minimum absolute atomic E-state index is 0. The average Bonchev–Trinajstić information content (AvgIpc) is 3.30. The van der Waals surface area contributed by atoms with Gasteiger partial charge in [-0.15, -0.1) is 12.4 Å². The largest absolute Gasteiger partial charge is 0.147 e. The van der Waals surface area contributed by atoms with E-state index in [9.17, 15) is 0 Å². The molecule has 0 fully saturated rings. The zero-order chi connectivity index (χ0) is 22.3. The molecule has 33 heavy (non-hydrogen) atoms. The Morgan fingerprint density at radius 3 is 1.42 bits per heavy atom. The Morgan fingerprint density at radius 2 is 1.00 bits per heavy atom. The van der Waals surface area contributed by atoms with Gasteiger partial charge in [0.15, 0.2) is 0 Å². The van der Waals surface area contributed by atoms with Crippen molar-refractivity contribution in [3.63, 3.8) is 0 Å². The van der Waals surface area contributed by atoms with E-state index in [0.717, 1.165) is 12.8 Å². The molecule has 0 spiro atoms. The molecule has 0 radical (unpaired) electrons. The van der Waals surface area contributed by atoms with Crippen LogP contribution in [0, 0.1) is 0 Å². The molecule has 0 aliphatic heterocycles. The van der Waals surface area contributed by atoms with Gasteiger partial charge in [-0.1, -0.05) is 0 Å². The van der Waals surface area contributed by atoms with E-state index in [-0.39, 0.29) is 12.4 Å². The molecule has 2 aliphatic rings. The average molecular weight is 546 g/mol. The monoisotopic (exact) mass is 544 g/mol. The van der Waals surface area contributed by atoms with Gasteiger partial charge in [-0.05, 0) is 0 Å². The maximum absolute atomic E-state index is 3.57. The van der Waals surface area contributed by atoms with Crippen LogP contribution in [0.25, 0.3) is 28.1 Å². The Labute approximate surface area is 205 Å². The SMILES string of the molecule is CC1=[C]([Zr]([CH3])([CH3])(=[SiH2])[C]2=C(C)Cc3ccc4ccccc4c32)c2c(ccc3ccccc23)C1.Cl. The smallest absolute Gasteiger partial charge is 0.147 e. The molecule has 0 unspecified atom stereocenters. The third-order valence-corrected chi connectivity index (χ3v) is 23.3. The molecule has 0 N–H and O–H groups in total. The van der Waals surface area contributed by atoms with Gasteiger partial charge in [-0.3, -0.25) is 0 Å². The van der Waals surface area contributed by atoms with Gasteiger partial charge < -0.3 is 0 Å². The van der Waals surface area contributed by atoms with E-state index in [4.69, 9.17) is 0 Å². The molecule has 0 atom stereocenters. The van der Waals surface area contributed by atoms with Gasteiger partial charge in [0.1, 0.15) is 0 Å². The summed E-state index contributed by atoms with van der Waals surface area (Å²) in [5, 5.41) is 5.63. The Hall–Kier alpha value is -1.73. The van der Waals surface area contributed by atoms with Crippen molar-refractivity contribution in [1.29, 1.82) is 0 Å². The van der Waals surface area contributed by atoms with Gasteiger partial charge in [-0.25, -0.2) is 0 Å². The molecule has 2 aliphatic carbocycles. The number of allylic oxidation sites excluding steroid dienone is 2. The van der Waals surface area contributed by atoms with Crippen LogP contribution in [-0.2, 0) is 30.2 Å². The van der Waals surface area contributed by atoms with E-state index in [1.807, 2.05) is 0 Å². The summed E-state index contributed by atoms with van der Waals surface area (Å²) in [6, 6.07) is 27.4. The Morgan fingerprint density at radius 1 is 0.606 bits per heavy atom. The minimum atomic E-state index is -3.57. The number of benzene rings is 4. The summed E-state index contributed by atoms with van der Waals surface area (Å²) in [6.07, 6.45) is 2.21. The third kappa shape index (κ3) is 3.25. The number of hydrogen-bond donors (Lipinski definition) is 0. The van der Waals surface area contributed by atoms with Gasteiger partial charge in [0.2, 0.25) is 0 Å². The van der Waals surface area contributed by atoms with Crippen LogP contribution in [0.1, 0.15) is 36.1 Å². The van der Waals surface area contributed by atoms with Crippen molar-refractivity contribution in [3.05, 3.63) is 106 Å². The Bertz CT molecular complexity index is 1500. The molecule has 0 nitrogen and oxygen atoms in total. The third-order valence-electron chi connectivity index (χ3n) is 7.90. The molecule has 166 valence electrons. The van der Waals surface area contributed by atoms with Crippen LogP contribution in [0.4, 0.5) is 0 Å². The predicted molar refractivity (Wildman–Crippen MR) is 148 cm³/mol. The maximum atomic E-state index is 2.70. The summed E-state index contributed by atoms with van der Waals surface area (Å²) in [7, 11) is 0. The van der Waals surface area contributed by atoms with Crippen molar-refractivity contribution in [3.8, 4) is 0 Å². The first-order valence-corrected chi connectivity index (χ1v) is 25.0. The topological polar surface area (TPSA) is 0 Å². The van der Waals surface area contributed by atoms with Crippen LogP contribution in [0.3, 0.4) is 0 Å². The first kappa shape index (κ1) is 23.0.